The van der Waals surface area contributed by atoms with Gasteiger partial charge in [0.1, 0.15) is 0 Å². The van der Waals surface area contributed by atoms with Gasteiger partial charge in [0.05, 0.1) is 22.7 Å². The van der Waals surface area contributed by atoms with Crippen molar-refractivity contribution in [1.29, 1.82) is 0 Å². The number of nitrogens with zero attached hydrogens (tertiary/aromatic N) is 4. The molecule has 0 saturated heterocycles. The predicted octanol–water partition coefficient (Wildman–Crippen LogP) is 23.7. The normalized spacial score (nSPS) is 17.6. The third-order valence-corrected chi connectivity index (χ3v) is 22.8. The minimum absolute atomic E-state index is 0.00497. The van der Waals surface area contributed by atoms with Gasteiger partial charge in [-0.2, -0.15) is 0 Å². The van der Waals surface area contributed by atoms with Crippen LogP contribution in [0.5, 0.6) is 0 Å². The molecule has 4 bridgehead atoms. The van der Waals surface area contributed by atoms with Crippen LogP contribution in [-0.4, -0.2) is 6.71 Å². The molecule has 4 aliphatic carbocycles. The van der Waals surface area contributed by atoms with Crippen molar-refractivity contribution in [2.45, 2.75) is 85.5 Å². The zero-order valence-electron chi connectivity index (χ0n) is 57.6. The molecule has 0 unspecified atom stereocenters. The second-order valence-corrected chi connectivity index (χ2v) is 29.4. The number of hydrogen-bond donors (Lipinski definition) is 0. The Morgan fingerprint density at radius 1 is 0.313 bits per heavy atom. The molecule has 99 heavy (non-hydrogen) atoms. The molecule has 0 amide bonds. The van der Waals surface area contributed by atoms with E-state index in [1.807, 2.05) is 0 Å². The first kappa shape index (κ1) is 60.5. The Morgan fingerprint density at radius 3 is 0.949 bits per heavy atom. The van der Waals surface area contributed by atoms with Gasteiger partial charge >= 0.3 is 0 Å². The molecule has 6 aliphatic rings. The first-order valence-electron chi connectivity index (χ1n) is 35.9. The summed E-state index contributed by atoms with van der Waals surface area (Å²) in [5.41, 5.74) is 36.4. The minimum Gasteiger partial charge on any atom is -0.310 e. The van der Waals surface area contributed by atoms with Crippen LogP contribution >= 0.6 is 0 Å². The van der Waals surface area contributed by atoms with Gasteiger partial charge in [0, 0.05) is 67.8 Å². The van der Waals surface area contributed by atoms with E-state index < -0.39 is 0 Å². The van der Waals surface area contributed by atoms with Gasteiger partial charge < -0.3 is 19.6 Å². The van der Waals surface area contributed by atoms with Crippen LogP contribution in [0.2, 0.25) is 0 Å². The van der Waals surface area contributed by atoms with Crippen molar-refractivity contribution in [3.8, 4) is 44.5 Å². The Hall–Kier alpha value is -10.9. The van der Waals surface area contributed by atoms with Crippen LogP contribution in [0.3, 0.4) is 0 Å². The van der Waals surface area contributed by atoms with Gasteiger partial charge in [0.25, 0.3) is 6.71 Å². The molecule has 4 nitrogen and oxygen atoms in total. The molecule has 13 aromatic carbocycles. The minimum atomic E-state index is -0.199. The lowest BCUT2D eigenvalue weighted by Gasteiger charge is -2.57. The second kappa shape index (κ2) is 24.3. The van der Waals surface area contributed by atoms with Gasteiger partial charge in [-0.25, -0.2) is 0 Å². The molecule has 2 heterocycles. The summed E-state index contributed by atoms with van der Waals surface area (Å²) in [5, 5.41) is 0. The highest BCUT2D eigenvalue weighted by Gasteiger charge is 2.54. The van der Waals surface area contributed by atoms with E-state index in [0.717, 1.165) is 40.5 Å². The lowest BCUT2D eigenvalue weighted by atomic mass is 9.33. The molecular weight excluding hydrogens is 1200 g/mol. The van der Waals surface area contributed by atoms with Gasteiger partial charge in [-0.1, -0.05) is 242 Å². The smallest absolute Gasteiger partial charge is 0.252 e. The summed E-state index contributed by atoms with van der Waals surface area (Å²) < 4.78 is 0. The number of hydrogen-bond acceptors (Lipinski definition) is 4. The maximum atomic E-state index is 2.79. The molecule has 2 aliphatic heterocycles. The molecule has 19 rings (SSSR count). The van der Waals surface area contributed by atoms with Crippen LogP contribution < -0.4 is 36.0 Å². The molecule has 0 radical (unpaired) electrons. The number of rotatable bonds is 13. The summed E-state index contributed by atoms with van der Waals surface area (Å²) >= 11 is 0. The van der Waals surface area contributed by atoms with Crippen molar-refractivity contribution >= 4 is 91.3 Å². The van der Waals surface area contributed by atoms with E-state index in [2.05, 4.69) is 352 Å². The van der Waals surface area contributed by atoms with Crippen molar-refractivity contribution < 1.29 is 0 Å². The average molecular weight is 1280 g/mol. The first-order chi connectivity index (χ1) is 48.5. The van der Waals surface area contributed by atoms with Crippen LogP contribution in [0.1, 0.15) is 77.5 Å². The Bertz CT molecular complexity index is 4760. The maximum Gasteiger partial charge on any atom is 0.252 e. The SMILES string of the molecule is Cc1cc(C)c(N(c2ccccc2)c2ccc3c(c2)N(c2c(-c4ccccc4)cccc2-c2ccccc2)c2cc(C45CC6CC(CC(C6)C4)C5)cc4c2B3c2ccc(N(c3ccccc3)c3c(C)cc(C)cc3C)cc2N4c2c(-c3ccccc3)cccc2-c2ccccc2)c(C)c1. The van der Waals surface area contributed by atoms with Crippen LogP contribution in [0.4, 0.5) is 68.2 Å². The summed E-state index contributed by atoms with van der Waals surface area (Å²) in [5.74, 6) is 2.16. The topological polar surface area (TPSA) is 13.0 Å². The lowest BCUT2D eigenvalue weighted by Crippen LogP contribution is -2.61. The van der Waals surface area contributed by atoms with E-state index >= 15 is 0 Å². The van der Waals surface area contributed by atoms with Gasteiger partial charge in [0.15, 0.2) is 0 Å². The Balaban J connectivity index is 1.02. The summed E-state index contributed by atoms with van der Waals surface area (Å²) in [4.78, 5) is 10.7. The molecule has 4 fully saturated rings. The Kier molecular flexibility index (Phi) is 14.8. The summed E-state index contributed by atoms with van der Waals surface area (Å²) in [7, 11) is 0. The summed E-state index contributed by atoms with van der Waals surface area (Å²) in [6.07, 6.45) is 7.72. The third kappa shape index (κ3) is 10.3. The molecule has 480 valence electrons. The molecule has 5 heteroatoms. The third-order valence-electron chi connectivity index (χ3n) is 22.8. The summed E-state index contributed by atoms with van der Waals surface area (Å²) in [6.45, 7) is 13.4. The standard InChI is InChI=1S/C94H81BN4/c1-61-47-63(3)90(64(4)48-61)96(75-35-21-11-22-36-75)77-43-45-83-85(56-77)98(92-79(70-27-13-7-14-28-70)39-25-40-80(92)71-29-15-8-16-30-71)87-54-74(94-58-67-51-68(59-94)53-69(52-67)60-94)55-88-89(87)95(83)84-46-44-78(97(76-37-23-12-24-38-76)91-65(5)49-62(2)50-66(91)6)57-86(84)99(88)93-81(72-31-17-9-18-32-72)41-26-42-82(93)73-33-19-10-20-34-73/h7-50,54-57,67-69H,51-53,58-60H2,1-6H3. The highest BCUT2D eigenvalue weighted by molar-refractivity contribution is 7.00. The van der Waals surface area contributed by atoms with Gasteiger partial charge in [0.2, 0.25) is 0 Å². The number of fused-ring (bicyclic) bond motifs is 4. The quantitative estimate of drug-likeness (QED) is 0.107. The van der Waals surface area contributed by atoms with E-state index in [1.165, 1.54) is 184 Å². The van der Waals surface area contributed by atoms with Crippen molar-refractivity contribution in [2.24, 2.45) is 17.8 Å². The van der Waals surface area contributed by atoms with Crippen molar-refractivity contribution in [1.82, 2.24) is 0 Å². The van der Waals surface area contributed by atoms with Crippen LogP contribution in [0.15, 0.2) is 291 Å². The predicted molar refractivity (Wildman–Crippen MR) is 420 cm³/mol. The number of para-hydroxylation sites is 4. The van der Waals surface area contributed by atoms with Gasteiger partial charge in [-0.15, -0.1) is 0 Å². The number of aryl methyl sites for hydroxylation is 6. The van der Waals surface area contributed by atoms with E-state index in [9.17, 15) is 0 Å². The van der Waals surface area contributed by atoms with Crippen molar-refractivity contribution in [3.63, 3.8) is 0 Å². The largest absolute Gasteiger partial charge is 0.310 e. The van der Waals surface area contributed by atoms with Crippen molar-refractivity contribution in [2.75, 3.05) is 19.6 Å². The fraction of sp³-hybridized carbons (Fsp3) is 0.170. The molecule has 0 atom stereocenters. The van der Waals surface area contributed by atoms with Gasteiger partial charge in [-0.05, 0) is 230 Å². The molecule has 0 spiro atoms. The van der Waals surface area contributed by atoms with E-state index in [1.54, 1.807) is 0 Å². The maximum absolute atomic E-state index is 2.79. The van der Waals surface area contributed by atoms with E-state index in [0.29, 0.717) is 0 Å². The molecule has 4 saturated carbocycles. The first-order valence-corrected chi connectivity index (χ1v) is 35.9. The van der Waals surface area contributed by atoms with Crippen LogP contribution in [-0.2, 0) is 5.41 Å². The van der Waals surface area contributed by atoms with Gasteiger partial charge in [-0.3, -0.25) is 0 Å². The zero-order chi connectivity index (χ0) is 66.6. The van der Waals surface area contributed by atoms with E-state index in [4.69, 9.17) is 0 Å². The van der Waals surface area contributed by atoms with Crippen LogP contribution in [0.25, 0.3) is 44.5 Å². The highest BCUT2D eigenvalue weighted by atomic mass is 15.2. The Morgan fingerprint density at radius 2 is 0.626 bits per heavy atom. The molecule has 0 aromatic heterocycles. The van der Waals surface area contributed by atoms with Crippen LogP contribution in [0, 0.1) is 59.3 Å². The van der Waals surface area contributed by atoms with Crippen molar-refractivity contribution in [3.05, 3.63) is 330 Å². The molecule has 0 N–H and O–H groups in total. The molecule has 13 aromatic rings. The van der Waals surface area contributed by atoms with E-state index in [-0.39, 0.29) is 12.1 Å². The summed E-state index contributed by atoms with van der Waals surface area (Å²) in [6, 6.07) is 111. The lowest BCUT2D eigenvalue weighted by molar-refractivity contribution is -0.00514. The number of anilines is 12. The highest BCUT2D eigenvalue weighted by Crippen LogP contribution is 2.63. The molecular formula is C94H81BN4. The number of benzene rings is 13. The fourth-order valence-corrected chi connectivity index (χ4v) is 19.5. The monoisotopic (exact) mass is 1280 g/mol. The Labute approximate surface area is 585 Å². The zero-order valence-corrected chi connectivity index (χ0v) is 57.6. The average Bonchev–Trinajstić information content (AvgIpc) is 0.685. The second-order valence-electron chi connectivity index (χ2n) is 29.4. The fourth-order valence-electron chi connectivity index (χ4n) is 19.5.